The minimum Gasteiger partial charge on any atom is -0.394 e. The monoisotopic (exact) mass is 253 g/mol. The Morgan fingerprint density at radius 3 is 2.72 bits per heavy atom. The second-order valence-electron chi connectivity index (χ2n) is 5.29. The van der Waals surface area contributed by atoms with E-state index in [1.807, 2.05) is 0 Å². The van der Waals surface area contributed by atoms with Gasteiger partial charge in [0.1, 0.15) is 6.04 Å². The van der Waals surface area contributed by atoms with E-state index in [9.17, 15) is 0 Å². The highest BCUT2D eigenvalue weighted by Gasteiger charge is 2.26. The molecule has 18 heavy (non-hydrogen) atoms. The van der Waals surface area contributed by atoms with E-state index >= 15 is 0 Å². The second kappa shape index (κ2) is 6.29. The molecule has 1 aliphatic carbocycles. The lowest BCUT2D eigenvalue weighted by Crippen LogP contribution is -2.16. The van der Waals surface area contributed by atoms with Crippen molar-refractivity contribution in [3.8, 4) is 0 Å². The fourth-order valence-corrected chi connectivity index (χ4v) is 2.76. The lowest BCUT2D eigenvalue weighted by atomic mass is 9.80. The maximum absolute atomic E-state index is 8.95. The van der Waals surface area contributed by atoms with E-state index in [4.69, 9.17) is 15.4 Å². The molecule has 2 rings (SSSR count). The third-order valence-electron chi connectivity index (χ3n) is 3.88. The summed E-state index contributed by atoms with van der Waals surface area (Å²) in [5.41, 5.74) is 5.65. The zero-order chi connectivity index (χ0) is 13.0. The second-order valence-corrected chi connectivity index (χ2v) is 5.29. The average molecular weight is 253 g/mol. The van der Waals surface area contributed by atoms with E-state index in [0.717, 1.165) is 24.6 Å². The van der Waals surface area contributed by atoms with Crippen LogP contribution in [0.15, 0.2) is 4.52 Å². The number of hydrogen-bond acceptors (Lipinski definition) is 5. The third kappa shape index (κ3) is 3.09. The molecular formula is C13H23N3O2. The standard InChI is InChI=1S/C13H23N3O2/c1-2-3-9-4-6-10(7-5-9)12-15-13(18-16-12)11(14)8-17/h9-11,17H,2-8,14H2,1H3/t9?,10?,11-/m1/s1. The number of nitrogens with two attached hydrogens (primary N) is 1. The van der Waals surface area contributed by atoms with Crippen LogP contribution in [0.5, 0.6) is 0 Å². The highest BCUT2D eigenvalue weighted by molar-refractivity contribution is 4.99. The molecule has 1 aromatic rings. The first-order valence-corrected chi connectivity index (χ1v) is 6.94. The molecule has 1 aliphatic rings. The van der Waals surface area contributed by atoms with Gasteiger partial charge in [-0.2, -0.15) is 4.98 Å². The van der Waals surface area contributed by atoms with Crippen molar-refractivity contribution >= 4 is 0 Å². The van der Waals surface area contributed by atoms with Gasteiger partial charge in [-0.1, -0.05) is 24.9 Å². The van der Waals surface area contributed by atoms with E-state index in [1.165, 1.54) is 25.7 Å². The van der Waals surface area contributed by atoms with Crippen LogP contribution in [0.3, 0.4) is 0 Å². The lowest BCUT2D eigenvalue weighted by molar-refractivity contribution is 0.236. The summed E-state index contributed by atoms with van der Waals surface area (Å²) >= 11 is 0. The van der Waals surface area contributed by atoms with Gasteiger partial charge in [0.2, 0.25) is 5.89 Å². The Bertz CT molecular complexity index is 359. The van der Waals surface area contributed by atoms with Crippen LogP contribution in [0.25, 0.3) is 0 Å². The van der Waals surface area contributed by atoms with Crippen LogP contribution in [-0.2, 0) is 0 Å². The zero-order valence-corrected chi connectivity index (χ0v) is 11.0. The van der Waals surface area contributed by atoms with Crippen molar-refractivity contribution in [3.05, 3.63) is 11.7 Å². The molecule has 102 valence electrons. The van der Waals surface area contributed by atoms with E-state index in [-0.39, 0.29) is 6.61 Å². The van der Waals surface area contributed by atoms with Crippen molar-refractivity contribution in [2.75, 3.05) is 6.61 Å². The normalized spacial score (nSPS) is 26.2. The van der Waals surface area contributed by atoms with Gasteiger partial charge in [0.15, 0.2) is 5.82 Å². The van der Waals surface area contributed by atoms with Crippen LogP contribution >= 0.6 is 0 Å². The minimum atomic E-state index is -0.553. The van der Waals surface area contributed by atoms with E-state index in [1.54, 1.807) is 0 Å². The number of aliphatic hydroxyl groups is 1. The predicted molar refractivity (Wildman–Crippen MR) is 67.9 cm³/mol. The summed E-state index contributed by atoms with van der Waals surface area (Å²) in [6, 6.07) is -0.553. The summed E-state index contributed by atoms with van der Waals surface area (Å²) in [6.45, 7) is 2.08. The Morgan fingerprint density at radius 1 is 1.39 bits per heavy atom. The van der Waals surface area contributed by atoms with Crippen molar-refractivity contribution < 1.29 is 9.63 Å². The Hall–Kier alpha value is -0.940. The van der Waals surface area contributed by atoms with Gasteiger partial charge in [-0.05, 0) is 31.6 Å². The number of rotatable bonds is 5. The Balaban J connectivity index is 1.91. The van der Waals surface area contributed by atoms with E-state index in [2.05, 4.69) is 17.1 Å². The highest BCUT2D eigenvalue weighted by atomic mass is 16.5. The third-order valence-corrected chi connectivity index (χ3v) is 3.88. The topological polar surface area (TPSA) is 85.2 Å². The van der Waals surface area contributed by atoms with Gasteiger partial charge in [0.25, 0.3) is 0 Å². The summed E-state index contributed by atoms with van der Waals surface area (Å²) in [7, 11) is 0. The van der Waals surface area contributed by atoms with Crippen LogP contribution < -0.4 is 5.73 Å². The molecule has 0 bridgehead atoms. The molecule has 0 spiro atoms. The summed E-state index contributed by atoms with van der Waals surface area (Å²) in [6.07, 6.45) is 7.39. The van der Waals surface area contributed by atoms with Gasteiger partial charge in [0.05, 0.1) is 6.61 Å². The maximum atomic E-state index is 8.95. The molecule has 1 saturated carbocycles. The number of hydrogen-bond donors (Lipinski definition) is 2. The van der Waals surface area contributed by atoms with Gasteiger partial charge in [-0.15, -0.1) is 0 Å². The van der Waals surface area contributed by atoms with Gasteiger partial charge in [-0.25, -0.2) is 0 Å². The van der Waals surface area contributed by atoms with Crippen LogP contribution in [0.2, 0.25) is 0 Å². The summed E-state index contributed by atoms with van der Waals surface area (Å²) in [5, 5.41) is 13.0. The van der Waals surface area contributed by atoms with Crippen LogP contribution in [0, 0.1) is 5.92 Å². The van der Waals surface area contributed by atoms with E-state index in [0.29, 0.717) is 11.8 Å². The molecule has 0 amide bonds. The molecule has 0 saturated heterocycles. The largest absolute Gasteiger partial charge is 0.394 e. The fraction of sp³-hybridized carbons (Fsp3) is 0.846. The lowest BCUT2D eigenvalue weighted by Gasteiger charge is -2.26. The van der Waals surface area contributed by atoms with E-state index < -0.39 is 6.04 Å². The van der Waals surface area contributed by atoms with Crippen molar-refractivity contribution in [1.29, 1.82) is 0 Å². The summed E-state index contributed by atoms with van der Waals surface area (Å²) < 4.78 is 5.10. The zero-order valence-electron chi connectivity index (χ0n) is 11.0. The average Bonchev–Trinajstić information content (AvgIpc) is 2.89. The molecule has 0 aromatic carbocycles. The Morgan fingerprint density at radius 2 is 2.11 bits per heavy atom. The number of aromatic nitrogens is 2. The first-order valence-electron chi connectivity index (χ1n) is 6.94. The molecule has 0 unspecified atom stereocenters. The fourth-order valence-electron chi connectivity index (χ4n) is 2.76. The Labute approximate surface area is 108 Å². The minimum absolute atomic E-state index is 0.162. The highest BCUT2D eigenvalue weighted by Crippen LogP contribution is 2.36. The molecule has 5 heteroatoms. The smallest absolute Gasteiger partial charge is 0.245 e. The van der Waals surface area contributed by atoms with Crippen molar-refractivity contribution in [1.82, 2.24) is 10.1 Å². The molecule has 1 atom stereocenters. The molecule has 1 aromatic heterocycles. The molecule has 0 radical (unpaired) electrons. The van der Waals surface area contributed by atoms with Crippen LogP contribution in [0.4, 0.5) is 0 Å². The van der Waals surface area contributed by atoms with Crippen LogP contribution in [0.1, 0.15) is 69.1 Å². The SMILES string of the molecule is CCCC1CCC(c2noc([C@H](N)CO)n2)CC1. The van der Waals surface area contributed by atoms with Crippen LogP contribution in [-0.4, -0.2) is 21.9 Å². The predicted octanol–water partition coefficient (Wildman–Crippen LogP) is 2.14. The van der Waals surface area contributed by atoms with Crippen molar-refractivity contribution in [2.24, 2.45) is 11.7 Å². The number of nitrogens with zero attached hydrogens (tertiary/aromatic N) is 2. The molecule has 1 fully saturated rings. The molecule has 1 heterocycles. The number of aliphatic hydroxyl groups excluding tert-OH is 1. The molecular weight excluding hydrogens is 230 g/mol. The molecule has 3 N–H and O–H groups in total. The first kappa shape index (κ1) is 13.5. The maximum Gasteiger partial charge on any atom is 0.245 e. The van der Waals surface area contributed by atoms with Gasteiger partial charge in [0, 0.05) is 5.92 Å². The molecule has 5 nitrogen and oxygen atoms in total. The van der Waals surface area contributed by atoms with Gasteiger partial charge < -0.3 is 15.4 Å². The quantitative estimate of drug-likeness (QED) is 0.839. The molecule has 0 aliphatic heterocycles. The van der Waals surface area contributed by atoms with Gasteiger partial charge >= 0.3 is 0 Å². The van der Waals surface area contributed by atoms with Crippen molar-refractivity contribution in [2.45, 2.75) is 57.4 Å². The van der Waals surface area contributed by atoms with Crippen molar-refractivity contribution in [3.63, 3.8) is 0 Å². The summed E-state index contributed by atoms with van der Waals surface area (Å²) in [4.78, 5) is 4.31. The Kier molecular flexibility index (Phi) is 4.72. The van der Waals surface area contributed by atoms with Gasteiger partial charge in [-0.3, -0.25) is 0 Å². The summed E-state index contributed by atoms with van der Waals surface area (Å²) in [5.74, 6) is 2.39. The first-order chi connectivity index (χ1) is 8.74.